The number of nitrogens with zero attached hydrogens (tertiary/aromatic N) is 2. The summed E-state index contributed by atoms with van der Waals surface area (Å²) in [6.45, 7) is 2.01. The number of alkyl halides is 1. The molecule has 0 aromatic carbocycles. The molecule has 0 bridgehead atoms. The van der Waals surface area contributed by atoms with Crippen LogP contribution in [0.4, 0.5) is 0 Å². The van der Waals surface area contributed by atoms with E-state index in [1.807, 2.05) is 25.0 Å². The average Bonchev–Trinajstić information content (AvgIpc) is 2.29. The Hall–Kier alpha value is -0.150. The smallest absolute Gasteiger partial charge is 0.0955 e. The lowest BCUT2D eigenvalue weighted by Gasteiger charge is -2.27. The molecule has 0 atom stereocenters. The number of aryl methyl sites for hydroxylation is 1. The fraction of sp³-hybridized carbons (Fsp3) is 0.625. The minimum Gasteiger partial charge on any atom is -0.328 e. The van der Waals surface area contributed by atoms with Gasteiger partial charge in [-0.25, -0.2) is 4.98 Å². The van der Waals surface area contributed by atoms with E-state index in [1.54, 1.807) is 0 Å². The summed E-state index contributed by atoms with van der Waals surface area (Å²) >= 11 is 7.81. The first kappa shape index (κ1) is 8.45. The molecule has 1 aromatic rings. The molecule has 0 unspecified atom stereocenters. The maximum absolute atomic E-state index is 5.84. The van der Waals surface area contributed by atoms with E-state index in [-0.39, 0.29) is 0 Å². The minimum atomic E-state index is 0.576. The highest BCUT2D eigenvalue weighted by Crippen LogP contribution is 2.31. The minimum absolute atomic E-state index is 0.576. The van der Waals surface area contributed by atoms with Gasteiger partial charge in [0.15, 0.2) is 0 Å². The largest absolute Gasteiger partial charge is 0.328 e. The molecule has 0 N–H and O–H groups in total. The molecule has 2 nitrogen and oxygen atoms in total. The fourth-order valence-electron chi connectivity index (χ4n) is 1.34. The van der Waals surface area contributed by atoms with Crippen LogP contribution in [-0.2, 0) is 5.88 Å². The molecule has 4 heteroatoms. The molecule has 0 saturated carbocycles. The van der Waals surface area contributed by atoms with Crippen LogP contribution in [0, 0.1) is 6.92 Å². The molecule has 0 amide bonds. The summed E-state index contributed by atoms with van der Waals surface area (Å²) in [7, 11) is 0. The Morgan fingerprint density at radius 1 is 1.75 bits per heavy atom. The SMILES string of the molecule is Cc1ncn(C2CSC2)c1CCl. The lowest BCUT2D eigenvalue weighted by atomic mass is 10.3. The standard InChI is InChI=1S/C8H11ClN2S/c1-6-8(2-9)11(5-10-6)7-3-12-4-7/h5,7H,2-4H2,1H3. The first-order chi connectivity index (χ1) is 5.83. The summed E-state index contributed by atoms with van der Waals surface area (Å²) in [5.74, 6) is 2.99. The van der Waals surface area contributed by atoms with Gasteiger partial charge in [-0.05, 0) is 6.92 Å². The van der Waals surface area contributed by atoms with Crippen LogP contribution < -0.4 is 0 Å². The number of hydrogen-bond acceptors (Lipinski definition) is 2. The van der Waals surface area contributed by atoms with Gasteiger partial charge in [0, 0.05) is 11.5 Å². The van der Waals surface area contributed by atoms with E-state index in [4.69, 9.17) is 11.6 Å². The van der Waals surface area contributed by atoms with Gasteiger partial charge in [0.2, 0.25) is 0 Å². The van der Waals surface area contributed by atoms with Gasteiger partial charge in [0.25, 0.3) is 0 Å². The van der Waals surface area contributed by atoms with Crippen molar-refractivity contribution in [3.05, 3.63) is 17.7 Å². The van der Waals surface area contributed by atoms with E-state index < -0.39 is 0 Å². The van der Waals surface area contributed by atoms with Gasteiger partial charge < -0.3 is 4.57 Å². The summed E-state index contributed by atoms with van der Waals surface area (Å²) < 4.78 is 2.22. The van der Waals surface area contributed by atoms with Crippen LogP contribution in [0.5, 0.6) is 0 Å². The highest BCUT2D eigenvalue weighted by Gasteiger charge is 2.22. The third-order valence-corrected chi connectivity index (χ3v) is 3.74. The van der Waals surface area contributed by atoms with E-state index in [1.165, 1.54) is 17.2 Å². The van der Waals surface area contributed by atoms with Crippen LogP contribution in [0.2, 0.25) is 0 Å². The Morgan fingerprint density at radius 2 is 2.50 bits per heavy atom. The van der Waals surface area contributed by atoms with Crippen molar-refractivity contribution < 1.29 is 0 Å². The van der Waals surface area contributed by atoms with Crippen LogP contribution in [0.1, 0.15) is 17.4 Å². The molecule has 66 valence electrons. The third kappa shape index (κ3) is 1.25. The molecular formula is C8H11ClN2S. The first-order valence-corrected chi connectivity index (χ1v) is 5.68. The van der Waals surface area contributed by atoms with Gasteiger partial charge in [0.05, 0.1) is 29.6 Å². The van der Waals surface area contributed by atoms with E-state index >= 15 is 0 Å². The van der Waals surface area contributed by atoms with Gasteiger partial charge in [-0.2, -0.15) is 11.8 Å². The zero-order chi connectivity index (χ0) is 8.55. The summed E-state index contributed by atoms with van der Waals surface area (Å²) in [6.07, 6.45) is 1.91. The monoisotopic (exact) mass is 202 g/mol. The van der Waals surface area contributed by atoms with Crippen molar-refractivity contribution in [2.45, 2.75) is 18.8 Å². The molecular weight excluding hydrogens is 192 g/mol. The second-order valence-corrected chi connectivity index (χ2v) is 4.35. The molecule has 0 spiro atoms. The Bertz CT molecular complexity index is 281. The lowest BCUT2D eigenvalue weighted by molar-refractivity contribution is 0.575. The van der Waals surface area contributed by atoms with Crippen LogP contribution in [-0.4, -0.2) is 21.1 Å². The predicted molar refractivity (Wildman–Crippen MR) is 52.9 cm³/mol. The predicted octanol–water partition coefficient (Wildman–Crippen LogP) is 2.22. The average molecular weight is 203 g/mol. The highest BCUT2D eigenvalue weighted by atomic mass is 35.5. The fourth-order valence-corrected chi connectivity index (χ4v) is 2.44. The summed E-state index contributed by atoms with van der Waals surface area (Å²) in [5.41, 5.74) is 2.25. The van der Waals surface area contributed by atoms with Gasteiger partial charge in [0.1, 0.15) is 0 Å². The second kappa shape index (κ2) is 3.30. The Labute approximate surface area is 81.3 Å². The van der Waals surface area contributed by atoms with Crippen LogP contribution in [0.25, 0.3) is 0 Å². The molecule has 1 aliphatic heterocycles. The van der Waals surface area contributed by atoms with Crippen molar-refractivity contribution in [3.63, 3.8) is 0 Å². The molecule has 1 fully saturated rings. The van der Waals surface area contributed by atoms with Gasteiger partial charge in [-0.1, -0.05) is 0 Å². The van der Waals surface area contributed by atoms with Crippen molar-refractivity contribution in [3.8, 4) is 0 Å². The molecule has 1 saturated heterocycles. The van der Waals surface area contributed by atoms with Crippen molar-refractivity contribution >= 4 is 23.4 Å². The highest BCUT2D eigenvalue weighted by molar-refractivity contribution is 8.00. The van der Waals surface area contributed by atoms with Gasteiger partial charge in [-0.3, -0.25) is 0 Å². The molecule has 2 rings (SSSR count). The van der Waals surface area contributed by atoms with E-state index in [0.717, 1.165) is 5.69 Å². The molecule has 0 aliphatic carbocycles. The van der Waals surface area contributed by atoms with Crippen molar-refractivity contribution in [2.75, 3.05) is 11.5 Å². The number of rotatable bonds is 2. The Morgan fingerprint density at radius 3 is 3.00 bits per heavy atom. The van der Waals surface area contributed by atoms with E-state index in [9.17, 15) is 0 Å². The van der Waals surface area contributed by atoms with Crippen molar-refractivity contribution in [2.24, 2.45) is 0 Å². The van der Waals surface area contributed by atoms with Crippen LogP contribution in [0.3, 0.4) is 0 Å². The number of thioether (sulfide) groups is 1. The number of halogens is 1. The maximum atomic E-state index is 5.84. The molecule has 2 heterocycles. The normalized spacial score (nSPS) is 17.8. The molecule has 1 aliphatic rings. The Balaban J connectivity index is 2.29. The summed E-state index contributed by atoms with van der Waals surface area (Å²) in [4.78, 5) is 4.26. The van der Waals surface area contributed by atoms with Crippen LogP contribution >= 0.6 is 23.4 Å². The Kier molecular flexibility index (Phi) is 2.33. The lowest BCUT2D eigenvalue weighted by Crippen LogP contribution is -2.23. The number of imidazole rings is 1. The van der Waals surface area contributed by atoms with Crippen molar-refractivity contribution in [1.82, 2.24) is 9.55 Å². The number of aromatic nitrogens is 2. The topological polar surface area (TPSA) is 17.8 Å². The molecule has 0 radical (unpaired) electrons. The second-order valence-electron chi connectivity index (χ2n) is 3.01. The zero-order valence-electron chi connectivity index (χ0n) is 6.96. The molecule has 1 aromatic heterocycles. The van der Waals surface area contributed by atoms with Gasteiger partial charge in [-0.15, -0.1) is 11.6 Å². The number of hydrogen-bond donors (Lipinski definition) is 0. The zero-order valence-corrected chi connectivity index (χ0v) is 8.53. The molecule has 12 heavy (non-hydrogen) atoms. The first-order valence-electron chi connectivity index (χ1n) is 3.99. The van der Waals surface area contributed by atoms with Gasteiger partial charge >= 0.3 is 0 Å². The maximum Gasteiger partial charge on any atom is 0.0955 e. The summed E-state index contributed by atoms with van der Waals surface area (Å²) in [5, 5.41) is 0. The van der Waals surface area contributed by atoms with E-state index in [2.05, 4.69) is 9.55 Å². The van der Waals surface area contributed by atoms with Crippen molar-refractivity contribution in [1.29, 1.82) is 0 Å². The third-order valence-electron chi connectivity index (χ3n) is 2.25. The quantitative estimate of drug-likeness (QED) is 0.685. The summed E-state index contributed by atoms with van der Waals surface area (Å²) in [6, 6.07) is 0.643. The van der Waals surface area contributed by atoms with E-state index in [0.29, 0.717) is 11.9 Å². The van der Waals surface area contributed by atoms with Crippen LogP contribution in [0.15, 0.2) is 6.33 Å².